The van der Waals surface area contributed by atoms with Gasteiger partial charge in [0, 0.05) is 17.6 Å². The fourth-order valence-electron chi connectivity index (χ4n) is 2.53. The molecule has 7 heteroatoms. The van der Waals surface area contributed by atoms with Gasteiger partial charge in [0.15, 0.2) is 0 Å². The summed E-state index contributed by atoms with van der Waals surface area (Å²) in [6, 6.07) is 6.94. The summed E-state index contributed by atoms with van der Waals surface area (Å²) < 4.78 is 7.28. The van der Waals surface area contributed by atoms with Gasteiger partial charge < -0.3 is 15.1 Å². The van der Waals surface area contributed by atoms with E-state index in [-0.39, 0.29) is 12.1 Å². The van der Waals surface area contributed by atoms with Crippen molar-refractivity contribution in [1.29, 1.82) is 0 Å². The molecule has 2 aromatic heterocycles. The van der Waals surface area contributed by atoms with E-state index < -0.39 is 0 Å². The van der Waals surface area contributed by atoms with E-state index in [1.54, 1.807) is 4.68 Å². The lowest BCUT2D eigenvalue weighted by Gasteiger charge is -2.14. The second-order valence-corrected chi connectivity index (χ2v) is 5.36. The SMILES string of the molecule is CCn1ncnc1C(C)NC(=O)Nc1ccc2oc(C)cc2c1. The number of benzene rings is 1. The maximum Gasteiger partial charge on any atom is 0.319 e. The van der Waals surface area contributed by atoms with E-state index in [0.29, 0.717) is 12.2 Å². The van der Waals surface area contributed by atoms with Crippen molar-refractivity contribution in [3.8, 4) is 0 Å². The van der Waals surface area contributed by atoms with E-state index in [1.165, 1.54) is 6.33 Å². The standard InChI is InChI=1S/C16H19N5O2/c1-4-21-15(17-9-18-21)11(3)19-16(22)20-13-5-6-14-12(8-13)7-10(2)23-14/h5-9,11H,4H2,1-3H3,(H2,19,20,22). The van der Waals surface area contributed by atoms with E-state index in [1.807, 2.05) is 45.0 Å². The lowest BCUT2D eigenvalue weighted by Crippen LogP contribution is -2.32. The maximum atomic E-state index is 12.2. The predicted molar refractivity (Wildman–Crippen MR) is 87.2 cm³/mol. The van der Waals surface area contributed by atoms with Crippen LogP contribution in [-0.4, -0.2) is 20.8 Å². The van der Waals surface area contributed by atoms with Crippen LogP contribution in [0.1, 0.15) is 31.5 Å². The van der Waals surface area contributed by atoms with Crippen LogP contribution < -0.4 is 10.6 Å². The van der Waals surface area contributed by atoms with Gasteiger partial charge in [-0.25, -0.2) is 14.5 Å². The molecule has 7 nitrogen and oxygen atoms in total. The van der Waals surface area contributed by atoms with Crippen LogP contribution in [0.3, 0.4) is 0 Å². The van der Waals surface area contributed by atoms with Crippen molar-refractivity contribution in [3.63, 3.8) is 0 Å². The van der Waals surface area contributed by atoms with Crippen LogP contribution >= 0.6 is 0 Å². The number of hydrogen-bond donors (Lipinski definition) is 2. The zero-order chi connectivity index (χ0) is 16.4. The summed E-state index contributed by atoms with van der Waals surface area (Å²) in [7, 11) is 0. The van der Waals surface area contributed by atoms with Crippen molar-refractivity contribution in [2.24, 2.45) is 0 Å². The first-order chi connectivity index (χ1) is 11.1. The Hall–Kier alpha value is -2.83. The molecule has 3 rings (SSSR count). The number of hydrogen-bond acceptors (Lipinski definition) is 4. The summed E-state index contributed by atoms with van der Waals surface area (Å²) in [6.07, 6.45) is 1.49. The first kappa shape index (κ1) is 15.1. The molecule has 0 aliphatic heterocycles. The number of amides is 2. The molecule has 2 N–H and O–H groups in total. The molecule has 0 spiro atoms. The third kappa shape index (κ3) is 3.18. The number of nitrogens with one attached hydrogen (secondary N) is 2. The minimum atomic E-state index is -0.289. The first-order valence-electron chi connectivity index (χ1n) is 7.52. The predicted octanol–water partition coefficient (Wildman–Crippen LogP) is 3.24. The average Bonchev–Trinajstić information content (AvgIpc) is 3.11. The number of fused-ring (bicyclic) bond motifs is 1. The highest BCUT2D eigenvalue weighted by molar-refractivity contribution is 5.92. The van der Waals surface area contributed by atoms with Gasteiger partial charge in [-0.1, -0.05) is 0 Å². The number of urea groups is 1. The summed E-state index contributed by atoms with van der Waals surface area (Å²) in [5.74, 6) is 1.57. The third-order valence-corrected chi connectivity index (χ3v) is 3.58. The normalized spacial score (nSPS) is 12.3. The Balaban J connectivity index is 1.68. The van der Waals surface area contributed by atoms with Crippen molar-refractivity contribution >= 4 is 22.7 Å². The van der Waals surface area contributed by atoms with E-state index in [2.05, 4.69) is 20.7 Å². The lowest BCUT2D eigenvalue weighted by molar-refractivity contribution is 0.248. The molecule has 1 unspecified atom stereocenters. The van der Waals surface area contributed by atoms with Gasteiger partial charge in [-0.2, -0.15) is 5.10 Å². The molecular weight excluding hydrogens is 294 g/mol. The molecule has 0 fully saturated rings. The number of aryl methyl sites for hydroxylation is 2. The van der Waals surface area contributed by atoms with Gasteiger partial charge in [-0.3, -0.25) is 0 Å². The van der Waals surface area contributed by atoms with Crippen molar-refractivity contribution in [2.75, 3.05) is 5.32 Å². The van der Waals surface area contributed by atoms with Gasteiger partial charge in [0.05, 0.1) is 6.04 Å². The van der Waals surface area contributed by atoms with Crippen LogP contribution in [0.15, 0.2) is 35.0 Å². The molecule has 0 aliphatic carbocycles. The van der Waals surface area contributed by atoms with Crippen LogP contribution in [0.4, 0.5) is 10.5 Å². The molecular formula is C16H19N5O2. The number of nitrogens with zero attached hydrogens (tertiary/aromatic N) is 3. The van der Waals surface area contributed by atoms with Gasteiger partial charge >= 0.3 is 6.03 Å². The largest absolute Gasteiger partial charge is 0.461 e. The summed E-state index contributed by atoms with van der Waals surface area (Å²) in [6.45, 7) is 6.45. The van der Waals surface area contributed by atoms with Gasteiger partial charge in [-0.15, -0.1) is 0 Å². The molecule has 3 aromatic rings. The topological polar surface area (TPSA) is 85.0 Å². The zero-order valence-corrected chi connectivity index (χ0v) is 13.3. The van der Waals surface area contributed by atoms with E-state index in [9.17, 15) is 4.79 Å². The van der Waals surface area contributed by atoms with Crippen molar-refractivity contribution < 1.29 is 9.21 Å². The highest BCUT2D eigenvalue weighted by Gasteiger charge is 2.15. The number of aromatic nitrogens is 3. The Morgan fingerprint density at radius 3 is 3.00 bits per heavy atom. The highest BCUT2D eigenvalue weighted by atomic mass is 16.3. The number of rotatable bonds is 4. The average molecular weight is 313 g/mol. The van der Waals surface area contributed by atoms with E-state index in [0.717, 1.165) is 22.6 Å². The third-order valence-electron chi connectivity index (χ3n) is 3.58. The van der Waals surface area contributed by atoms with Gasteiger partial charge in [0.1, 0.15) is 23.5 Å². The fourth-order valence-corrected chi connectivity index (χ4v) is 2.53. The zero-order valence-electron chi connectivity index (χ0n) is 13.3. The molecule has 1 aromatic carbocycles. The van der Waals surface area contributed by atoms with Crippen LogP contribution in [0.5, 0.6) is 0 Å². The second kappa shape index (κ2) is 6.12. The molecule has 0 saturated heterocycles. The van der Waals surface area contributed by atoms with Gasteiger partial charge in [-0.05, 0) is 45.0 Å². The Morgan fingerprint density at radius 2 is 2.22 bits per heavy atom. The number of carbonyl (C=O) groups excluding carboxylic acids is 1. The molecule has 0 bridgehead atoms. The van der Waals surface area contributed by atoms with Crippen molar-refractivity contribution in [1.82, 2.24) is 20.1 Å². The molecule has 1 atom stereocenters. The molecule has 120 valence electrons. The molecule has 23 heavy (non-hydrogen) atoms. The quantitative estimate of drug-likeness (QED) is 0.774. The minimum absolute atomic E-state index is 0.239. The van der Waals surface area contributed by atoms with E-state index >= 15 is 0 Å². The lowest BCUT2D eigenvalue weighted by atomic mass is 10.2. The molecule has 0 saturated carbocycles. The Kier molecular flexibility index (Phi) is 4.01. The molecule has 2 amide bonds. The second-order valence-electron chi connectivity index (χ2n) is 5.36. The fraction of sp³-hybridized carbons (Fsp3) is 0.312. The maximum absolute atomic E-state index is 12.2. The van der Waals surface area contributed by atoms with E-state index in [4.69, 9.17) is 4.42 Å². The Labute approximate surface area is 133 Å². The van der Waals surface area contributed by atoms with Gasteiger partial charge in [0.2, 0.25) is 0 Å². The molecule has 0 radical (unpaired) electrons. The van der Waals surface area contributed by atoms with Gasteiger partial charge in [0.25, 0.3) is 0 Å². The summed E-state index contributed by atoms with van der Waals surface area (Å²) in [4.78, 5) is 16.3. The van der Waals surface area contributed by atoms with Crippen molar-refractivity contribution in [2.45, 2.75) is 33.4 Å². The summed E-state index contributed by atoms with van der Waals surface area (Å²) in [5.41, 5.74) is 1.51. The monoisotopic (exact) mass is 313 g/mol. The van der Waals surface area contributed by atoms with Crippen LogP contribution in [0, 0.1) is 6.92 Å². The Bertz CT molecular complexity index is 836. The number of carbonyl (C=O) groups is 1. The summed E-state index contributed by atoms with van der Waals surface area (Å²) >= 11 is 0. The minimum Gasteiger partial charge on any atom is -0.461 e. The Morgan fingerprint density at radius 1 is 1.39 bits per heavy atom. The van der Waals surface area contributed by atoms with Crippen LogP contribution in [0.25, 0.3) is 11.0 Å². The summed E-state index contributed by atoms with van der Waals surface area (Å²) in [5, 5.41) is 10.8. The number of anilines is 1. The highest BCUT2D eigenvalue weighted by Crippen LogP contribution is 2.22. The van der Waals surface area contributed by atoms with Crippen molar-refractivity contribution in [3.05, 3.63) is 42.2 Å². The smallest absolute Gasteiger partial charge is 0.319 e. The molecule has 2 heterocycles. The molecule has 0 aliphatic rings. The van der Waals surface area contributed by atoms with Crippen LogP contribution in [-0.2, 0) is 6.54 Å². The first-order valence-corrected chi connectivity index (χ1v) is 7.52. The number of furan rings is 1. The van der Waals surface area contributed by atoms with Crippen LogP contribution in [0.2, 0.25) is 0 Å².